The Morgan fingerprint density at radius 1 is 1.07 bits per heavy atom. The van der Waals surface area contributed by atoms with E-state index in [0.717, 1.165) is 22.3 Å². The van der Waals surface area contributed by atoms with E-state index in [0.29, 0.717) is 0 Å². The lowest BCUT2D eigenvalue weighted by atomic mass is 9.98. The van der Waals surface area contributed by atoms with Gasteiger partial charge < -0.3 is 9.47 Å². The zero-order valence-electron chi connectivity index (χ0n) is 15.1. The molecular formula is C19H22N2O5S. The molecule has 0 heterocycles. The maximum Gasteiger partial charge on any atom is 0.421 e. The number of benzene rings is 2. The largest absolute Gasteiger partial charge is 0.448 e. The molecule has 0 spiro atoms. The molecule has 2 aromatic carbocycles. The normalized spacial score (nSPS) is 14.3. The van der Waals surface area contributed by atoms with Crippen LogP contribution < -0.4 is 9.44 Å². The van der Waals surface area contributed by atoms with Crippen LogP contribution >= 0.6 is 0 Å². The van der Waals surface area contributed by atoms with Crippen molar-refractivity contribution in [1.29, 1.82) is 0 Å². The molecule has 0 bridgehead atoms. The second-order valence-corrected chi connectivity index (χ2v) is 7.83. The van der Waals surface area contributed by atoms with Crippen molar-refractivity contribution in [3.8, 4) is 11.1 Å². The molecule has 144 valence electrons. The summed E-state index contributed by atoms with van der Waals surface area (Å²) in [4.78, 5) is 12.0. The van der Waals surface area contributed by atoms with E-state index in [1.807, 2.05) is 53.3 Å². The van der Waals surface area contributed by atoms with Crippen molar-refractivity contribution in [1.82, 2.24) is 9.44 Å². The van der Waals surface area contributed by atoms with E-state index in [1.165, 1.54) is 7.11 Å². The van der Waals surface area contributed by atoms with Gasteiger partial charge in [0.15, 0.2) is 0 Å². The van der Waals surface area contributed by atoms with Gasteiger partial charge in [-0.1, -0.05) is 48.5 Å². The number of amides is 1. The van der Waals surface area contributed by atoms with Crippen LogP contribution in [0.5, 0.6) is 0 Å². The minimum absolute atomic E-state index is 0.0441. The summed E-state index contributed by atoms with van der Waals surface area (Å²) >= 11 is 0. The highest BCUT2D eigenvalue weighted by molar-refractivity contribution is 7.88. The van der Waals surface area contributed by atoms with Crippen molar-refractivity contribution < 1.29 is 22.7 Å². The van der Waals surface area contributed by atoms with Gasteiger partial charge in [0.05, 0.1) is 6.10 Å². The Hall–Kier alpha value is -2.42. The summed E-state index contributed by atoms with van der Waals surface area (Å²) in [6.07, 6.45) is -1.33. The van der Waals surface area contributed by atoms with Gasteiger partial charge in [-0.05, 0) is 29.2 Å². The molecule has 0 fully saturated rings. The Balaban J connectivity index is 1.64. The topological polar surface area (TPSA) is 93.7 Å². The van der Waals surface area contributed by atoms with Crippen LogP contribution in [-0.2, 0) is 19.7 Å². The summed E-state index contributed by atoms with van der Waals surface area (Å²) in [7, 11) is -2.54. The van der Waals surface area contributed by atoms with Gasteiger partial charge >= 0.3 is 16.3 Å². The van der Waals surface area contributed by atoms with Crippen LogP contribution in [0.1, 0.15) is 24.0 Å². The minimum Gasteiger partial charge on any atom is -0.448 e. The molecule has 7 nitrogen and oxygen atoms in total. The second-order valence-electron chi connectivity index (χ2n) is 6.33. The highest BCUT2D eigenvalue weighted by atomic mass is 32.2. The van der Waals surface area contributed by atoms with Crippen LogP contribution in [0, 0.1) is 0 Å². The number of nitrogens with one attached hydrogen (secondary N) is 2. The highest BCUT2D eigenvalue weighted by Crippen LogP contribution is 2.44. The summed E-state index contributed by atoms with van der Waals surface area (Å²) < 4.78 is 38.0. The summed E-state index contributed by atoms with van der Waals surface area (Å²) in [5, 5.41) is 0. The van der Waals surface area contributed by atoms with Gasteiger partial charge in [-0.15, -0.1) is 0 Å². The third-order valence-electron chi connectivity index (χ3n) is 4.52. The monoisotopic (exact) mass is 390 g/mol. The van der Waals surface area contributed by atoms with Gasteiger partial charge in [-0.2, -0.15) is 13.1 Å². The van der Waals surface area contributed by atoms with E-state index in [1.54, 1.807) is 6.92 Å². The number of carbonyl (C=O) groups excluding carboxylic acids is 1. The third-order valence-corrected chi connectivity index (χ3v) is 5.51. The smallest absolute Gasteiger partial charge is 0.421 e. The first-order chi connectivity index (χ1) is 12.9. The number of rotatable bonds is 7. The summed E-state index contributed by atoms with van der Waals surface area (Å²) in [5.74, 6) is -0.132. The zero-order chi connectivity index (χ0) is 19.4. The Bertz CT molecular complexity index is 884. The van der Waals surface area contributed by atoms with Gasteiger partial charge in [-0.25, -0.2) is 9.52 Å². The predicted octanol–water partition coefficient (Wildman–Crippen LogP) is 2.39. The Kier molecular flexibility index (Phi) is 5.79. The standard InChI is InChI=1S/C19H22N2O5S/c1-13(25-2)11-20-27(23,24)21-19(22)26-12-18-16-9-5-3-7-14(16)15-8-4-6-10-17(15)18/h3-10,13,18,20H,11-12H2,1-2H3,(H,21,22). The number of hydrogen-bond donors (Lipinski definition) is 2. The molecule has 1 amide bonds. The Labute approximate surface area is 158 Å². The molecule has 8 heteroatoms. The lowest BCUT2D eigenvalue weighted by molar-refractivity contribution is 0.121. The number of methoxy groups -OCH3 is 1. The lowest BCUT2D eigenvalue weighted by Gasteiger charge is -2.15. The molecule has 1 aliphatic carbocycles. The first-order valence-corrected chi connectivity index (χ1v) is 10.0. The summed E-state index contributed by atoms with van der Waals surface area (Å²) in [6, 6.07) is 15.8. The fourth-order valence-corrected chi connectivity index (χ4v) is 3.89. The molecule has 1 unspecified atom stereocenters. The molecular weight excluding hydrogens is 368 g/mol. The van der Waals surface area contributed by atoms with E-state index in [9.17, 15) is 13.2 Å². The van der Waals surface area contributed by atoms with Gasteiger partial charge in [0, 0.05) is 19.6 Å². The molecule has 0 saturated carbocycles. The fourth-order valence-electron chi connectivity index (χ4n) is 3.08. The molecule has 2 N–H and O–H groups in total. The molecule has 1 aliphatic rings. The van der Waals surface area contributed by atoms with Crippen LogP contribution in [0.2, 0.25) is 0 Å². The molecule has 2 aromatic rings. The van der Waals surface area contributed by atoms with E-state index >= 15 is 0 Å². The van der Waals surface area contributed by atoms with Gasteiger partial charge in [-0.3, -0.25) is 0 Å². The second kappa shape index (κ2) is 8.08. The highest BCUT2D eigenvalue weighted by Gasteiger charge is 2.29. The lowest BCUT2D eigenvalue weighted by Crippen LogP contribution is -2.43. The van der Waals surface area contributed by atoms with Crippen LogP contribution in [0.4, 0.5) is 4.79 Å². The molecule has 0 aromatic heterocycles. The maximum atomic E-state index is 12.0. The first kappa shape index (κ1) is 19.3. The van der Waals surface area contributed by atoms with Gasteiger partial charge in [0.1, 0.15) is 6.61 Å². The average molecular weight is 390 g/mol. The van der Waals surface area contributed by atoms with Crippen molar-refractivity contribution in [2.45, 2.75) is 18.9 Å². The summed E-state index contributed by atoms with van der Waals surface area (Å²) in [5.41, 5.74) is 4.32. The minimum atomic E-state index is -4.01. The van der Waals surface area contributed by atoms with E-state index < -0.39 is 16.3 Å². The van der Waals surface area contributed by atoms with Crippen LogP contribution in [0.15, 0.2) is 48.5 Å². The average Bonchev–Trinajstić information content (AvgIpc) is 2.98. The number of carbonyl (C=O) groups is 1. The van der Waals surface area contributed by atoms with Crippen LogP contribution in [0.3, 0.4) is 0 Å². The molecule has 1 atom stereocenters. The van der Waals surface area contributed by atoms with Crippen molar-refractivity contribution in [2.75, 3.05) is 20.3 Å². The maximum absolute atomic E-state index is 12.0. The summed E-state index contributed by atoms with van der Waals surface area (Å²) in [6.45, 7) is 1.79. The number of ether oxygens (including phenoxy) is 2. The molecule has 3 rings (SSSR count). The predicted molar refractivity (Wildman–Crippen MR) is 102 cm³/mol. The van der Waals surface area contributed by atoms with E-state index in [-0.39, 0.29) is 25.2 Å². The first-order valence-electron chi connectivity index (χ1n) is 8.56. The SMILES string of the molecule is COC(C)CNS(=O)(=O)NC(=O)OCC1c2ccccc2-c2ccccc21. The quantitative estimate of drug-likeness (QED) is 0.757. The van der Waals surface area contributed by atoms with Crippen molar-refractivity contribution in [3.63, 3.8) is 0 Å². The van der Waals surface area contributed by atoms with Crippen LogP contribution in [-0.4, -0.2) is 40.9 Å². The van der Waals surface area contributed by atoms with Crippen molar-refractivity contribution in [3.05, 3.63) is 59.7 Å². The Morgan fingerprint density at radius 3 is 2.19 bits per heavy atom. The molecule has 27 heavy (non-hydrogen) atoms. The molecule has 0 aliphatic heterocycles. The van der Waals surface area contributed by atoms with Crippen molar-refractivity contribution >= 4 is 16.3 Å². The van der Waals surface area contributed by atoms with Crippen LogP contribution in [0.25, 0.3) is 11.1 Å². The molecule has 0 radical (unpaired) electrons. The zero-order valence-corrected chi connectivity index (χ0v) is 16.0. The van der Waals surface area contributed by atoms with E-state index in [2.05, 4.69) is 4.72 Å². The number of hydrogen-bond acceptors (Lipinski definition) is 5. The Morgan fingerprint density at radius 2 is 1.63 bits per heavy atom. The van der Waals surface area contributed by atoms with Crippen molar-refractivity contribution in [2.24, 2.45) is 0 Å². The fraction of sp³-hybridized carbons (Fsp3) is 0.316. The van der Waals surface area contributed by atoms with Gasteiger partial charge in [0.25, 0.3) is 0 Å². The van der Waals surface area contributed by atoms with E-state index in [4.69, 9.17) is 9.47 Å². The molecule has 0 saturated heterocycles. The van der Waals surface area contributed by atoms with Gasteiger partial charge in [0.2, 0.25) is 0 Å². The number of fused-ring (bicyclic) bond motifs is 3. The third kappa shape index (κ3) is 4.47.